The van der Waals surface area contributed by atoms with Crippen LogP contribution in [-0.4, -0.2) is 52.1 Å². The van der Waals surface area contributed by atoms with Crippen molar-refractivity contribution in [3.63, 3.8) is 0 Å². The Kier molecular flexibility index (Phi) is 15.9. The molecule has 0 aromatic heterocycles. The van der Waals surface area contributed by atoms with Crippen LogP contribution in [0.1, 0.15) is 6.42 Å². The predicted molar refractivity (Wildman–Crippen MR) is 49.9 cm³/mol. The van der Waals surface area contributed by atoms with Gasteiger partial charge < -0.3 is 19.9 Å². The van der Waals surface area contributed by atoms with E-state index in [1.165, 1.54) is 0 Å². The lowest BCUT2D eigenvalue weighted by Gasteiger charge is -1.99. The molecule has 0 unspecified atom stereocenters. The second kappa shape index (κ2) is 13.9. The molecule has 0 aromatic carbocycles. The summed E-state index contributed by atoms with van der Waals surface area (Å²) >= 11 is 0. The molecule has 0 fully saturated rings. The zero-order chi connectivity index (χ0) is 10.5. The zero-order valence-corrected chi connectivity index (χ0v) is 8.50. The summed E-state index contributed by atoms with van der Waals surface area (Å²) in [4.78, 5) is 9.92. The summed E-state index contributed by atoms with van der Waals surface area (Å²) in [6.07, 6.45) is 0.0592. The van der Waals surface area contributed by atoms with Crippen LogP contribution in [0.4, 0.5) is 0 Å². The number of hydrogen-bond acceptors (Lipinski definition) is 4. The van der Waals surface area contributed by atoms with Crippen LogP contribution in [0.25, 0.3) is 0 Å². The molecule has 13 heavy (non-hydrogen) atoms. The van der Waals surface area contributed by atoms with E-state index in [0.29, 0.717) is 13.2 Å². The van der Waals surface area contributed by atoms with Gasteiger partial charge in [0.05, 0.1) is 26.2 Å². The van der Waals surface area contributed by atoms with Crippen LogP contribution in [0.3, 0.4) is 0 Å². The summed E-state index contributed by atoms with van der Waals surface area (Å²) < 4.78 is 9.56. The second-order valence-electron chi connectivity index (χ2n) is 2.25. The summed E-state index contributed by atoms with van der Waals surface area (Å²) in [5, 5.41) is 10.9. The van der Waals surface area contributed by atoms with Crippen LogP contribution in [0, 0.1) is 0 Å². The Bertz CT molecular complexity index is 108. The molecule has 0 radical (unpaired) electrons. The normalized spacial score (nSPS) is 8.85. The van der Waals surface area contributed by atoms with Gasteiger partial charge in [-0.2, -0.15) is 0 Å². The van der Waals surface area contributed by atoms with Gasteiger partial charge in [0.15, 0.2) is 0 Å². The number of rotatable bonds is 6. The quantitative estimate of drug-likeness (QED) is 0.579. The summed E-state index contributed by atoms with van der Waals surface area (Å²) in [6, 6.07) is 0. The molecular formula is C8H19NO4. The van der Waals surface area contributed by atoms with E-state index in [1.807, 2.05) is 14.1 Å². The zero-order valence-electron chi connectivity index (χ0n) is 8.50. The van der Waals surface area contributed by atoms with Gasteiger partial charge in [0.2, 0.25) is 0 Å². The van der Waals surface area contributed by atoms with Gasteiger partial charge >= 0.3 is 5.97 Å². The molecule has 0 aliphatic carbocycles. The van der Waals surface area contributed by atoms with Crippen LogP contribution >= 0.6 is 0 Å². The Morgan fingerprint density at radius 3 is 2.23 bits per heavy atom. The fourth-order valence-electron chi connectivity index (χ4n) is 0.404. The summed E-state index contributed by atoms with van der Waals surface area (Å²) in [5.74, 6) is -0.836. The number of ether oxygens (including phenoxy) is 2. The number of carboxylic acids is 1. The van der Waals surface area contributed by atoms with Gasteiger partial charge in [-0.05, 0) is 14.1 Å². The van der Waals surface area contributed by atoms with Crippen LogP contribution in [0.5, 0.6) is 0 Å². The molecule has 5 nitrogen and oxygen atoms in total. The number of aliphatic carboxylic acids is 1. The Hall–Kier alpha value is -0.650. The highest BCUT2D eigenvalue weighted by atomic mass is 16.5. The Balaban J connectivity index is 0. The van der Waals surface area contributed by atoms with Gasteiger partial charge in [-0.3, -0.25) is 4.79 Å². The lowest BCUT2D eigenvalue weighted by molar-refractivity contribution is -0.138. The van der Waals surface area contributed by atoms with Crippen LogP contribution in [0.2, 0.25) is 0 Å². The van der Waals surface area contributed by atoms with E-state index in [-0.39, 0.29) is 13.0 Å². The van der Waals surface area contributed by atoms with E-state index < -0.39 is 5.97 Å². The minimum absolute atomic E-state index is 0.0592. The first-order valence-corrected chi connectivity index (χ1v) is 4.06. The highest BCUT2D eigenvalue weighted by molar-refractivity contribution is 5.66. The first-order chi connectivity index (χ1) is 6.18. The molecule has 0 rings (SSSR count). The van der Waals surface area contributed by atoms with Gasteiger partial charge in [0.25, 0.3) is 0 Å². The molecule has 0 bridgehead atoms. The van der Waals surface area contributed by atoms with E-state index in [2.05, 4.69) is 10.1 Å². The second-order valence-corrected chi connectivity index (χ2v) is 2.25. The molecule has 0 saturated heterocycles. The van der Waals surface area contributed by atoms with Crippen molar-refractivity contribution in [1.82, 2.24) is 5.32 Å². The van der Waals surface area contributed by atoms with Crippen molar-refractivity contribution in [3.05, 3.63) is 0 Å². The van der Waals surface area contributed by atoms with Crippen LogP contribution in [0.15, 0.2) is 0 Å². The molecule has 0 aliphatic rings. The maximum atomic E-state index is 9.92. The monoisotopic (exact) mass is 193 g/mol. The van der Waals surface area contributed by atoms with Gasteiger partial charge in [-0.25, -0.2) is 0 Å². The Morgan fingerprint density at radius 1 is 1.31 bits per heavy atom. The van der Waals surface area contributed by atoms with Crippen molar-refractivity contribution in [2.24, 2.45) is 0 Å². The lowest BCUT2D eigenvalue weighted by atomic mass is 10.5. The predicted octanol–water partition coefficient (Wildman–Crippen LogP) is -0.0403. The highest BCUT2D eigenvalue weighted by Gasteiger charge is 1.94. The third kappa shape index (κ3) is 24.6. The number of hydrogen-bond donors (Lipinski definition) is 2. The van der Waals surface area contributed by atoms with Gasteiger partial charge in [-0.15, -0.1) is 0 Å². The summed E-state index contributed by atoms with van der Waals surface area (Å²) in [6.45, 7) is 1.24. The van der Waals surface area contributed by atoms with Gasteiger partial charge in [0, 0.05) is 7.11 Å². The average Bonchev–Trinajstić information content (AvgIpc) is 2.05. The third-order valence-corrected chi connectivity index (χ3v) is 0.892. The fraction of sp³-hybridized carbons (Fsp3) is 0.875. The number of methoxy groups -OCH3 is 1. The molecule has 2 N–H and O–H groups in total. The van der Waals surface area contributed by atoms with Crippen molar-refractivity contribution < 1.29 is 19.4 Å². The van der Waals surface area contributed by atoms with Crippen molar-refractivity contribution in [2.45, 2.75) is 6.42 Å². The van der Waals surface area contributed by atoms with Crippen LogP contribution in [-0.2, 0) is 14.3 Å². The molecular weight excluding hydrogens is 174 g/mol. The van der Waals surface area contributed by atoms with Crippen molar-refractivity contribution in [2.75, 3.05) is 41.0 Å². The highest BCUT2D eigenvalue weighted by Crippen LogP contribution is 1.81. The fourth-order valence-corrected chi connectivity index (χ4v) is 0.404. The molecule has 0 atom stereocenters. The maximum Gasteiger partial charge on any atom is 0.305 e. The number of carbonyl (C=O) groups is 1. The molecule has 5 heteroatoms. The standard InChI is InChI=1S/C6H12O4.C2H7N/c1-9-4-5-10-3-2-6(7)8;1-3-2/h2-5H2,1H3,(H,7,8);3H,1-2H3. The summed E-state index contributed by atoms with van der Waals surface area (Å²) in [5.41, 5.74) is 0. The van der Waals surface area contributed by atoms with Gasteiger partial charge in [-0.1, -0.05) is 0 Å². The molecule has 0 spiro atoms. The van der Waals surface area contributed by atoms with Crippen molar-refractivity contribution >= 4 is 5.97 Å². The van der Waals surface area contributed by atoms with E-state index in [9.17, 15) is 4.79 Å². The van der Waals surface area contributed by atoms with Crippen LogP contribution < -0.4 is 5.32 Å². The number of nitrogens with one attached hydrogen (secondary N) is 1. The van der Waals surface area contributed by atoms with E-state index in [0.717, 1.165) is 0 Å². The Morgan fingerprint density at radius 2 is 1.85 bits per heavy atom. The first kappa shape index (κ1) is 14.9. The average molecular weight is 193 g/mol. The Labute approximate surface area is 79.0 Å². The molecule has 0 heterocycles. The maximum absolute atomic E-state index is 9.92. The smallest absolute Gasteiger partial charge is 0.305 e. The lowest BCUT2D eigenvalue weighted by Crippen LogP contribution is -2.06. The van der Waals surface area contributed by atoms with Crippen molar-refractivity contribution in [1.29, 1.82) is 0 Å². The SMILES string of the molecule is CNC.COCCOCCC(=O)O. The molecule has 0 amide bonds. The van der Waals surface area contributed by atoms with E-state index in [4.69, 9.17) is 9.84 Å². The van der Waals surface area contributed by atoms with Crippen molar-refractivity contribution in [3.8, 4) is 0 Å². The topological polar surface area (TPSA) is 67.8 Å². The van der Waals surface area contributed by atoms with E-state index >= 15 is 0 Å². The van der Waals surface area contributed by atoms with E-state index in [1.54, 1.807) is 7.11 Å². The molecule has 0 saturated carbocycles. The third-order valence-electron chi connectivity index (χ3n) is 0.892. The summed E-state index contributed by atoms with van der Waals surface area (Å²) in [7, 11) is 5.32. The van der Waals surface area contributed by atoms with Gasteiger partial charge in [0.1, 0.15) is 0 Å². The molecule has 0 aliphatic heterocycles. The molecule has 0 aromatic rings. The minimum Gasteiger partial charge on any atom is -0.481 e. The number of carboxylic acid groups (broad SMARTS) is 1. The molecule has 80 valence electrons. The largest absolute Gasteiger partial charge is 0.481 e. The first-order valence-electron chi connectivity index (χ1n) is 4.06. The minimum atomic E-state index is -0.836.